The Bertz CT molecular complexity index is 4430. The van der Waals surface area contributed by atoms with Gasteiger partial charge in [0.25, 0.3) is 0 Å². The van der Waals surface area contributed by atoms with E-state index in [1.54, 1.807) is 20.7 Å². The van der Waals surface area contributed by atoms with E-state index in [-0.39, 0.29) is 47.3 Å². The summed E-state index contributed by atoms with van der Waals surface area (Å²) in [5.74, 6) is 0.246. The van der Waals surface area contributed by atoms with Crippen molar-refractivity contribution >= 4 is 87.8 Å². The predicted molar refractivity (Wildman–Crippen MR) is 488 cm³/mol. The van der Waals surface area contributed by atoms with Crippen molar-refractivity contribution in [3.63, 3.8) is 0 Å². The summed E-state index contributed by atoms with van der Waals surface area (Å²) in [7, 11) is 12.1. The zero-order chi connectivity index (χ0) is 78.1. The number of fused-ring (bicyclic) bond motifs is 8. The first-order chi connectivity index (χ1) is 49.7. The molecule has 562 valence electrons. The van der Waals surface area contributed by atoms with Crippen molar-refractivity contribution in [2.24, 2.45) is 23.7 Å². The van der Waals surface area contributed by atoms with Crippen LogP contribution in [0.5, 0.6) is 0 Å². The van der Waals surface area contributed by atoms with Crippen LogP contribution in [-0.4, -0.2) is 49.9 Å². The summed E-state index contributed by atoms with van der Waals surface area (Å²) in [5.41, 5.74) is 34.6. The van der Waals surface area contributed by atoms with E-state index in [0.717, 1.165) is 0 Å². The van der Waals surface area contributed by atoms with Crippen LogP contribution in [-0.2, 0) is 14.7 Å². The van der Waals surface area contributed by atoms with Crippen LogP contribution in [0.2, 0.25) is 103 Å². The molecule has 2 saturated heterocycles. The molecule has 8 atom stereocenters. The average molecular weight is 1720 g/mol. The first-order valence-corrected chi connectivity index (χ1v) is 75.9. The molecule has 0 nitrogen and oxygen atoms in total. The molecular weight excluding hydrogens is 1590 g/mol. The maximum absolute atomic E-state index is 12.3. The monoisotopic (exact) mass is 1720 g/mol. The fourth-order valence-electron chi connectivity index (χ4n) is 28.5. The van der Waals surface area contributed by atoms with Crippen LogP contribution in [0, 0.1) is 79.1 Å². The van der Waals surface area contributed by atoms with Crippen LogP contribution in [0.4, 0.5) is 0 Å². The Kier molecular flexibility index (Phi) is 18.8. The van der Waals surface area contributed by atoms with Crippen molar-refractivity contribution < 1.29 is 14.7 Å². The first kappa shape index (κ1) is 79.1. The minimum atomic E-state index is -8.29. The average Bonchev–Trinajstić information content (AvgIpc) is 1.51. The van der Waals surface area contributed by atoms with Crippen LogP contribution in [0.15, 0.2) is 237 Å². The van der Waals surface area contributed by atoms with E-state index < -0.39 is 75.7 Å². The van der Waals surface area contributed by atoms with E-state index in [1.165, 1.54) is 134 Å². The number of hydrogen-bond donors (Lipinski definition) is 0. The molecule has 0 aromatic heterocycles. The van der Waals surface area contributed by atoms with Gasteiger partial charge in [0.1, 0.15) is 0 Å². The second kappa shape index (κ2) is 25.5. The summed E-state index contributed by atoms with van der Waals surface area (Å²) in [6.45, 7) is 76.1. The van der Waals surface area contributed by atoms with Gasteiger partial charge in [0.2, 0.25) is 0 Å². The van der Waals surface area contributed by atoms with E-state index in [2.05, 4.69) is 372 Å². The van der Waals surface area contributed by atoms with Crippen LogP contribution < -0.4 is 20.7 Å². The topological polar surface area (TPSA) is 0 Å². The van der Waals surface area contributed by atoms with Crippen molar-refractivity contribution in [2.75, 3.05) is 0 Å². The second-order valence-electron chi connectivity index (χ2n) is 40.8. The summed E-state index contributed by atoms with van der Waals surface area (Å²) in [4.78, 5) is 0. The van der Waals surface area contributed by atoms with Crippen LogP contribution in [0.25, 0.3) is 0 Å². The molecule has 0 bridgehead atoms. The summed E-state index contributed by atoms with van der Waals surface area (Å²) < 4.78 is -3.03. The Morgan fingerprint density at radius 1 is 0.299 bits per heavy atom. The Morgan fingerprint density at radius 2 is 0.467 bits per heavy atom. The fourth-order valence-corrected chi connectivity index (χ4v) is 209. The van der Waals surface area contributed by atoms with Gasteiger partial charge < -0.3 is 0 Å². The van der Waals surface area contributed by atoms with Crippen LogP contribution in [0.3, 0.4) is 0 Å². The van der Waals surface area contributed by atoms with Crippen molar-refractivity contribution in [2.45, 2.75) is 237 Å². The number of aryl methyl sites for hydroxylation is 8. The summed E-state index contributed by atoms with van der Waals surface area (Å²) in [6, 6.07) is 20.9. The second-order valence-corrected chi connectivity index (χ2v) is 115. The van der Waals surface area contributed by atoms with E-state index >= 15 is 0 Å². The third-order valence-corrected chi connectivity index (χ3v) is 154. The summed E-state index contributed by atoms with van der Waals surface area (Å²) in [5, 5.41) is 6.34. The standard InChI is InChI=1S/2C49H64Si3.2ClH.Hf/c2*1-30(2)42-28-44-38(36-24-32(5)48(33(6)25-36)51(10,11)12)20-16-18-22-40(44)46(42)50(9)47-41-23-19-17-21-39(45(41)29-43(47)31(3)4)37-26-34(7)49(35(8)27-37)52(13,14)15;;;/h2*16-31,38-39,50H,1-15H3;2*1H;/q;;;;+2/p-2. The SMILES string of the molecule is Cc1cc(C2C=CC=CC3=C2C=C(C(C)C)[C]32[SiH](C)[C]3(C(C(C)C)=CC4=C3C=CC=CC4c3cc(C)c([Si](C)(C)C)c(C)c3)[Hf]23([Cl])([Cl])[C]2(C(C(C)C)=CC4=C2C=CC=CC4c2cc(C)c([Si](C)(C)C)c(C)c2)[SiH](C)[C]32C(C(C)C)=CC3=C2C=CC=CC3c2cc(C)c([Si](C)(C)C)c(C)c2)cc(C)c1[Si](C)(C)C. The molecule has 9 heteroatoms. The van der Waals surface area contributed by atoms with Gasteiger partial charge in [0.15, 0.2) is 0 Å². The van der Waals surface area contributed by atoms with E-state index in [1.807, 2.05) is 0 Å². The quantitative estimate of drug-likeness (QED) is 0.124. The third kappa shape index (κ3) is 9.60. The van der Waals surface area contributed by atoms with Gasteiger partial charge in [0, 0.05) is 0 Å². The number of rotatable bonds is 12. The minimum absolute atomic E-state index is 0.0362. The predicted octanol–water partition coefficient (Wildman–Crippen LogP) is 25.9. The Balaban J connectivity index is 1.26. The van der Waals surface area contributed by atoms with E-state index in [9.17, 15) is 17.2 Å². The van der Waals surface area contributed by atoms with Gasteiger partial charge in [-0.25, -0.2) is 0 Å². The molecule has 107 heavy (non-hydrogen) atoms. The van der Waals surface area contributed by atoms with Gasteiger partial charge in [-0.3, -0.25) is 0 Å². The normalized spacial score (nSPS) is 29.9. The van der Waals surface area contributed by atoms with Gasteiger partial charge in [-0.15, -0.1) is 0 Å². The van der Waals surface area contributed by atoms with Crippen molar-refractivity contribution in [1.29, 1.82) is 0 Å². The molecule has 8 unspecified atom stereocenters. The maximum atomic E-state index is 12.3. The molecule has 0 radical (unpaired) electrons. The molecule has 2 aliphatic heterocycles. The fraction of sp³-hybridized carbons (Fsp3) is 0.429. The molecule has 4 aromatic rings. The molecule has 2 fully saturated rings. The van der Waals surface area contributed by atoms with Crippen LogP contribution in [0.1, 0.15) is 146 Å². The van der Waals surface area contributed by atoms with E-state index in [4.69, 9.17) is 0 Å². The van der Waals surface area contributed by atoms with Gasteiger partial charge in [0.05, 0.1) is 0 Å². The summed E-state index contributed by atoms with van der Waals surface area (Å²) in [6.07, 6.45) is 52.1. The van der Waals surface area contributed by atoms with Gasteiger partial charge >= 0.3 is 667 Å². The molecule has 0 N–H and O–H groups in total. The van der Waals surface area contributed by atoms with Crippen LogP contribution >= 0.6 is 17.2 Å². The Morgan fingerprint density at radius 3 is 0.617 bits per heavy atom. The number of benzene rings is 4. The van der Waals surface area contributed by atoms with Crippen molar-refractivity contribution in [3.8, 4) is 0 Å². The Labute approximate surface area is 660 Å². The molecule has 14 rings (SSSR count). The third-order valence-electron chi connectivity index (χ3n) is 29.4. The molecule has 2 heterocycles. The number of halogens is 2. The molecular formula is C98H128Cl2HfSi6. The van der Waals surface area contributed by atoms with E-state index in [0.29, 0.717) is 0 Å². The molecule has 4 aromatic carbocycles. The Hall–Kier alpha value is -4.53. The molecule has 8 aliphatic carbocycles. The molecule has 0 saturated carbocycles. The first-order valence-electron chi connectivity index (χ1n) is 41.2. The zero-order valence-electron chi connectivity index (χ0n) is 71.2. The van der Waals surface area contributed by atoms with Gasteiger partial charge in [-0.1, -0.05) is 0 Å². The molecule has 0 amide bonds. The zero-order valence-corrected chi connectivity index (χ0v) is 82.6. The van der Waals surface area contributed by atoms with Gasteiger partial charge in [-0.05, 0) is 0 Å². The number of allylic oxidation sites excluding steroid dienone is 32. The molecule has 5 spiro atoms. The van der Waals surface area contributed by atoms with Gasteiger partial charge in [-0.2, -0.15) is 0 Å². The summed E-state index contributed by atoms with van der Waals surface area (Å²) >= 11 is -8.29. The van der Waals surface area contributed by atoms with Crippen molar-refractivity contribution in [1.82, 2.24) is 0 Å². The van der Waals surface area contributed by atoms with Crippen molar-refractivity contribution in [3.05, 3.63) is 304 Å². The number of hydrogen-bond acceptors (Lipinski definition) is 0. The molecule has 10 aliphatic rings.